The van der Waals surface area contributed by atoms with Crippen molar-refractivity contribution in [2.75, 3.05) is 52.0 Å². The van der Waals surface area contributed by atoms with Gasteiger partial charge < -0.3 is 14.4 Å². The number of rotatable bonds is 7. The van der Waals surface area contributed by atoms with Crippen LogP contribution in [0.25, 0.3) is 10.2 Å². The summed E-state index contributed by atoms with van der Waals surface area (Å²) in [6.07, 6.45) is 1.90. The van der Waals surface area contributed by atoms with Crippen LogP contribution in [0.2, 0.25) is 0 Å². The van der Waals surface area contributed by atoms with Crippen molar-refractivity contribution in [1.82, 2.24) is 14.2 Å². The Morgan fingerprint density at radius 1 is 1.14 bits per heavy atom. The van der Waals surface area contributed by atoms with E-state index in [-0.39, 0.29) is 17.6 Å². The van der Waals surface area contributed by atoms with Crippen molar-refractivity contribution in [3.63, 3.8) is 0 Å². The SMILES string of the molecule is CC1CCCN(S(=O)(=O)c2ccc(C(=O)N(CCN(C)C)c3nc4cc5c(cc4s3)OCO5)cc2)C1. The molecule has 0 radical (unpaired) electrons. The smallest absolute Gasteiger partial charge is 0.260 e. The summed E-state index contributed by atoms with van der Waals surface area (Å²) in [5.41, 5.74) is 1.15. The van der Waals surface area contributed by atoms with Crippen LogP contribution >= 0.6 is 11.3 Å². The van der Waals surface area contributed by atoms with Gasteiger partial charge in [-0.25, -0.2) is 13.4 Å². The zero-order valence-corrected chi connectivity index (χ0v) is 22.3. The van der Waals surface area contributed by atoms with Crippen molar-refractivity contribution >= 4 is 42.6 Å². The van der Waals surface area contributed by atoms with E-state index in [0.717, 1.165) is 23.1 Å². The highest BCUT2D eigenvalue weighted by Crippen LogP contribution is 2.40. The maximum atomic E-state index is 13.6. The number of sulfonamides is 1. The van der Waals surface area contributed by atoms with Crippen LogP contribution < -0.4 is 14.4 Å². The van der Waals surface area contributed by atoms with Gasteiger partial charge in [-0.2, -0.15) is 4.31 Å². The number of fused-ring (bicyclic) bond motifs is 2. The third-order valence-corrected chi connectivity index (χ3v) is 9.40. The van der Waals surface area contributed by atoms with E-state index >= 15 is 0 Å². The Balaban J connectivity index is 1.42. The topological polar surface area (TPSA) is 92.3 Å². The number of benzene rings is 2. The van der Waals surface area contributed by atoms with Crippen LogP contribution in [-0.2, 0) is 10.0 Å². The Labute approximate surface area is 215 Å². The quantitative estimate of drug-likeness (QED) is 0.460. The molecule has 1 unspecified atom stereocenters. The number of piperidine rings is 1. The summed E-state index contributed by atoms with van der Waals surface area (Å²) in [7, 11) is 0.305. The number of hydrogen-bond donors (Lipinski definition) is 0. The van der Waals surface area contributed by atoms with Crippen LogP contribution in [0, 0.1) is 5.92 Å². The fraction of sp³-hybridized carbons (Fsp3) is 0.440. The van der Waals surface area contributed by atoms with E-state index in [2.05, 4.69) is 6.92 Å². The van der Waals surface area contributed by atoms with Crippen molar-refractivity contribution < 1.29 is 22.7 Å². The number of likely N-dealkylation sites (N-methyl/N-ethyl adjacent to an activating group) is 1. The third-order valence-electron chi connectivity index (χ3n) is 6.48. The predicted molar refractivity (Wildman–Crippen MR) is 140 cm³/mol. The summed E-state index contributed by atoms with van der Waals surface area (Å²) in [5, 5.41) is 0.569. The number of hydrogen-bond acceptors (Lipinski definition) is 8. The highest BCUT2D eigenvalue weighted by Gasteiger charge is 2.29. The lowest BCUT2D eigenvalue weighted by atomic mass is 10.0. The summed E-state index contributed by atoms with van der Waals surface area (Å²) in [6.45, 7) is 4.40. The maximum Gasteiger partial charge on any atom is 0.260 e. The molecule has 0 N–H and O–H groups in total. The van der Waals surface area contributed by atoms with Crippen LogP contribution in [-0.4, -0.2) is 75.6 Å². The molecule has 0 saturated carbocycles. The molecule has 9 nitrogen and oxygen atoms in total. The van der Waals surface area contributed by atoms with Gasteiger partial charge in [0.05, 0.1) is 15.1 Å². The minimum absolute atomic E-state index is 0.190. The molecular formula is C25H30N4O5S2. The molecule has 1 saturated heterocycles. The Bertz CT molecular complexity index is 1330. The lowest BCUT2D eigenvalue weighted by molar-refractivity contribution is 0.0985. The van der Waals surface area contributed by atoms with Crippen molar-refractivity contribution in [3.8, 4) is 11.5 Å². The van der Waals surface area contributed by atoms with Gasteiger partial charge in [0, 0.05) is 43.9 Å². The molecule has 5 rings (SSSR count). The molecule has 0 aliphatic carbocycles. The van der Waals surface area contributed by atoms with Crippen LogP contribution in [0.1, 0.15) is 30.1 Å². The van der Waals surface area contributed by atoms with Gasteiger partial charge in [-0.05, 0) is 57.1 Å². The Kier molecular flexibility index (Phi) is 6.90. The van der Waals surface area contributed by atoms with E-state index < -0.39 is 10.0 Å². The largest absolute Gasteiger partial charge is 0.454 e. The van der Waals surface area contributed by atoms with Crippen LogP contribution in [0.5, 0.6) is 11.5 Å². The number of aromatic nitrogens is 1. The predicted octanol–water partition coefficient (Wildman–Crippen LogP) is 3.65. The standard InChI is InChI=1S/C25H30N4O5S2/c1-17-5-4-10-28(15-17)36(31,32)19-8-6-18(7-9-19)24(30)29(12-11-27(2)3)25-26-20-13-21-22(34-16-33-21)14-23(20)35-25/h6-9,13-14,17H,4-5,10-12,15-16H2,1-3H3. The van der Waals surface area contributed by atoms with E-state index in [1.165, 1.54) is 23.5 Å². The molecule has 3 heterocycles. The number of amides is 1. The van der Waals surface area contributed by atoms with E-state index in [9.17, 15) is 13.2 Å². The van der Waals surface area contributed by atoms with Gasteiger partial charge in [0.25, 0.3) is 5.91 Å². The molecule has 2 aliphatic heterocycles. The molecule has 192 valence electrons. The Morgan fingerprint density at radius 3 is 2.56 bits per heavy atom. The summed E-state index contributed by atoms with van der Waals surface area (Å²) in [5.74, 6) is 1.42. The molecular weight excluding hydrogens is 500 g/mol. The van der Waals surface area contributed by atoms with E-state index in [1.807, 2.05) is 31.1 Å². The van der Waals surface area contributed by atoms with Crippen molar-refractivity contribution in [3.05, 3.63) is 42.0 Å². The average Bonchev–Trinajstić information content (AvgIpc) is 3.48. The Hall–Kier alpha value is -2.73. The number of carbonyl (C=O) groups is 1. The summed E-state index contributed by atoms with van der Waals surface area (Å²) in [4.78, 5) is 22.2. The monoisotopic (exact) mass is 530 g/mol. The molecule has 11 heteroatoms. The number of nitrogens with zero attached hydrogens (tertiary/aromatic N) is 4. The van der Waals surface area contributed by atoms with Gasteiger partial charge in [-0.1, -0.05) is 18.3 Å². The molecule has 1 fully saturated rings. The van der Waals surface area contributed by atoms with Gasteiger partial charge in [0.2, 0.25) is 16.8 Å². The van der Waals surface area contributed by atoms with Crippen molar-refractivity contribution in [2.45, 2.75) is 24.7 Å². The fourth-order valence-electron chi connectivity index (χ4n) is 4.44. The number of thiazole rings is 1. The first-order valence-corrected chi connectivity index (χ1v) is 14.2. The molecule has 1 aromatic heterocycles. The van der Waals surface area contributed by atoms with E-state index in [1.54, 1.807) is 21.3 Å². The number of carbonyl (C=O) groups excluding carboxylic acids is 1. The fourth-order valence-corrected chi connectivity index (χ4v) is 7.04. The first kappa shape index (κ1) is 24.9. The van der Waals surface area contributed by atoms with Gasteiger partial charge in [-0.3, -0.25) is 9.69 Å². The molecule has 0 bridgehead atoms. The zero-order valence-electron chi connectivity index (χ0n) is 20.6. The summed E-state index contributed by atoms with van der Waals surface area (Å²) >= 11 is 1.41. The molecule has 2 aromatic carbocycles. The molecule has 0 spiro atoms. The maximum absolute atomic E-state index is 13.6. The van der Waals surface area contributed by atoms with Gasteiger partial charge in [-0.15, -0.1) is 0 Å². The van der Waals surface area contributed by atoms with Gasteiger partial charge >= 0.3 is 0 Å². The number of anilines is 1. The highest BCUT2D eigenvalue weighted by molar-refractivity contribution is 7.89. The lowest BCUT2D eigenvalue weighted by Crippen LogP contribution is -2.39. The number of ether oxygens (including phenoxy) is 2. The second-order valence-electron chi connectivity index (χ2n) is 9.56. The lowest BCUT2D eigenvalue weighted by Gasteiger charge is -2.30. The average molecular weight is 531 g/mol. The molecule has 36 heavy (non-hydrogen) atoms. The highest BCUT2D eigenvalue weighted by atomic mass is 32.2. The van der Waals surface area contributed by atoms with Gasteiger partial charge in [0.15, 0.2) is 16.6 Å². The van der Waals surface area contributed by atoms with Crippen LogP contribution in [0.3, 0.4) is 0 Å². The summed E-state index contributed by atoms with van der Waals surface area (Å²) < 4.78 is 39.6. The normalized spacial score (nSPS) is 18.2. The minimum Gasteiger partial charge on any atom is -0.454 e. The van der Waals surface area contributed by atoms with Crippen molar-refractivity contribution in [1.29, 1.82) is 0 Å². The van der Waals surface area contributed by atoms with E-state index in [4.69, 9.17) is 14.5 Å². The van der Waals surface area contributed by atoms with E-state index in [0.29, 0.717) is 54.3 Å². The summed E-state index contributed by atoms with van der Waals surface area (Å²) in [6, 6.07) is 9.96. The molecule has 1 amide bonds. The van der Waals surface area contributed by atoms with Crippen molar-refractivity contribution in [2.24, 2.45) is 5.92 Å². The zero-order chi connectivity index (χ0) is 25.4. The van der Waals surface area contributed by atoms with Gasteiger partial charge in [0.1, 0.15) is 0 Å². The minimum atomic E-state index is -3.59. The second-order valence-corrected chi connectivity index (χ2v) is 12.5. The molecule has 1 atom stereocenters. The first-order valence-electron chi connectivity index (χ1n) is 12.0. The third kappa shape index (κ3) is 4.93. The molecule has 2 aliphatic rings. The first-order chi connectivity index (χ1) is 17.2. The van der Waals surface area contributed by atoms with Crippen LogP contribution in [0.4, 0.5) is 5.13 Å². The van der Waals surface area contributed by atoms with Crippen LogP contribution in [0.15, 0.2) is 41.3 Å². The second kappa shape index (κ2) is 9.97. The molecule has 3 aromatic rings. The Morgan fingerprint density at radius 2 is 1.86 bits per heavy atom.